The van der Waals surface area contributed by atoms with Gasteiger partial charge in [-0.15, -0.1) is 24.0 Å². The second kappa shape index (κ2) is 11.0. The number of likely N-dealkylation sites (tertiary alicyclic amines) is 1. The van der Waals surface area contributed by atoms with E-state index in [1.54, 1.807) is 0 Å². The van der Waals surface area contributed by atoms with Crippen LogP contribution >= 0.6 is 24.0 Å². The van der Waals surface area contributed by atoms with Gasteiger partial charge in [0.1, 0.15) is 0 Å². The number of aliphatic imine (C=N–C) groups is 1. The number of nitrogens with two attached hydrogens (primary N) is 1. The van der Waals surface area contributed by atoms with Gasteiger partial charge in [-0.1, -0.05) is 37.1 Å². The van der Waals surface area contributed by atoms with E-state index >= 15 is 0 Å². The van der Waals surface area contributed by atoms with E-state index in [9.17, 15) is 0 Å². The van der Waals surface area contributed by atoms with Crippen LogP contribution in [-0.2, 0) is 17.8 Å². The molecule has 2 aliphatic rings. The van der Waals surface area contributed by atoms with E-state index in [2.05, 4.69) is 39.1 Å². The van der Waals surface area contributed by atoms with Crippen molar-refractivity contribution in [2.45, 2.75) is 38.8 Å². The number of halogens is 1. The van der Waals surface area contributed by atoms with Crippen molar-refractivity contribution in [1.29, 1.82) is 0 Å². The molecule has 0 radical (unpaired) electrons. The molecule has 2 heterocycles. The van der Waals surface area contributed by atoms with Crippen LogP contribution in [0.2, 0.25) is 0 Å². The van der Waals surface area contributed by atoms with Crippen LogP contribution in [0.5, 0.6) is 0 Å². The third-order valence-corrected chi connectivity index (χ3v) is 4.89. The Morgan fingerprint density at radius 1 is 0.920 bits per heavy atom. The Bertz CT molecular complexity index is 521. The summed E-state index contributed by atoms with van der Waals surface area (Å²) < 4.78 is 5.34. The topological polar surface area (TPSA) is 54.1 Å². The van der Waals surface area contributed by atoms with E-state index in [-0.39, 0.29) is 24.0 Å². The largest absolute Gasteiger partial charge is 0.378 e. The molecule has 0 aliphatic carbocycles. The molecule has 0 unspecified atom stereocenters. The molecule has 2 N–H and O–H groups in total. The Hall–Kier alpha value is -0.860. The number of morpholine rings is 1. The van der Waals surface area contributed by atoms with Gasteiger partial charge in [0.15, 0.2) is 5.96 Å². The van der Waals surface area contributed by atoms with Gasteiger partial charge in [-0.25, -0.2) is 4.99 Å². The molecule has 0 atom stereocenters. The molecule has 2 fully saturated rings. The first-order chi connectivity index (χ1) is 11.8. The van der Waals surface area contributed by atoms with Crippen molar-refractivity contribution in [2.75, 3.05) is 39.4 Å². The Balaban J connectivity index is 0.00000225. The molecule has 1 aromatic rings. The van der Waals surface area contributed by atoms with Gasteiger partial charge in [-0.2, -0.15) is 0 Å². The molecule has 0 aromatic heterocycles. The Labute approximate surface area is 168 Å². The lowest BCUT2D eigenvalue weighted by Gasteiger charge is -2.27. The van der Waals surface area contributed by atoms with Crippen LogP contribution in [0.15, 0.2) is 29.3 Å². The van der Waals surface area contributed by atoms with Gasteiger partial charge in [0, 0.05) is 19.6 Å². The quantitative estimate of drug-likeness (QED) is 0.429. The molecule has 0 amide bonds. The molecule has 2 saturated heterocycles. The summed E-state index contributed by atoms with van der Waals surface area (Å²) >= 11 is 0. The van der Waals surface area contributed by atoms with Gasteiger partial charge in [-0.05, 0) is 37.1 Å². The standard InChI is InChI=1S/C19H30N4O.HI/c20-19(23-11-13-24-14-12-23)21-15-17-5-7-18(8-6-17)16-22-9-3-1-2-4-10-22;/h5-8H,1-4,9-16H2,(H2,20,21);1H. The third-order valence-electron chi connectivity index (χ3n) is 4.89. The monoisotopic (exact) mass is 458 g/mol. The van der Waals surface area contributed by atoms with E-state index in [0.29, 0.717) is 12.5 Å². The molecular formula is C19H31IN4O. The molecule has 0 saturated carbocycles. The van der Waals surface area contributed by atoms with E-state index in [4.69, 9.17) is 10.5 Å². The van der Waals surface area contributed by atoms with Crippen LogP contribution in [0.4, 0.5) is 0 Å². The smallest absolute Gasteiger partial charge is 0.191 e. The Morgan fingerprint density at radius 2 is 1.52 bits per heavy atom. The molecule has 1 aromatic carbocycles. The second-order valence-corrected chi connectivity index (χ2v) is 6.78. The lowest BCUT2D eigenvalue weighted by atomic mass is 10.1. The summed E-state index contributed by atoms with van der Waals surface area (Å²) in [7, 11) is 0. The van der Waals surface area contributed by atoms with Crippen molar-refractivity contribution < 1.29 is 4.74 Å². The van der Waals surface area contributed by atoms with Crippen molar-refractivity contribution in [1.82, 2.24) is 9.80 Å². The molecule has 5 nitrogen and oxygen atoms in total. The van der Waals surface area contributed by atoms with Crippen LogP contribution in [0.3, 0.4) is 0 Å². The van der Waals surface area contributed by atoms with Crippen LogP contribution in [0.25, 0.3) is 0 Å². The summed E-state index contributed by atoms with van der Waals surface area (Å²) in [5, 5.41) is 0. The van der Waals surface area contributed by atoms with Crippen LogP contribution in [-0.4, -0.2) is 55.2 Å². The minimum Gasteiger partial charge on any atom is -0.378 e. The molecule has 25 heavy (non-hydrogen) atoms. The van der Waals surface area contributed by atoms with Crippen LogP contribution in [0.1, 0.15) is 36.8 Å². The molecule has 0 bridgehead atoms. The van der Waals surface area contributed by atoms with Gasteiger partial charge in [0.05, 0.1) is 19.8 Å². The fourth-order valence-corrected chi connectivity index (χ4v) is 3.37. The summed E-state index contributed by atoms with van der Waals surface area (Å²) in [6.45, 7) is 7.34. The maximum Gasteiger partial charge on any atom is 0.191 e. The predicted octanol–water partition coefficient (Wildman–Crippen LogP) is 2.83. The molecule has 140 valence electrons. The number of benzene rings is 1. The Morgan fingerprint density at radius 3 is 2.16 bits per heavy atom. The minimum atomic E-state index is 0. The predicted molar refractivity (Wildman–Crippen MR) is 113 cm³/mol. The van der Waals surface area contributed by atoms with Gasteiger partial charge in [0.25, 0.3) is 0 Å². The van der Waals surface area contributed by atoms with Gasteiger partial charge >= 0.3 is 0 Å². The van der Waals surface area contributed by atoms with Crippen LogP contribution in [0, 0.1) is 0 Å². The fourth-order valence-electron chi connectivity index (χ4n) is 3.37. The highest BCUT2D eigenvalue weighted by Gasteiger charge is 2.12. The van der Waals surface area contributed by atoms with Gasteiger partial charge in [0.2, 0.25) is 0 Å². The summed E-state index contributed by atoms with van der Waals surface area (Å²) in [5.74, 6) is 0.631. The SMILES string of the molecule is I.NC(=NCc1ccc(CN2CCCCCC2)cc1)N1CCOCC1. The summed E-state index contributed by atoms with van der Waals surface area (Å²) in [6.07, 6.45) is 5.46. The van der Waals surface area contributed by atoms with Gasteiger partial charge in [-0.3, -0.25) is 4.90 Å². The highest BCUT2D eigenvalue weighted by atomic mass is 127. The number of rotatable bonds is 4. The van der Waals surface area contributed by atoms with Crippen molar-refractivity contribution >= 4 is 29.9 Å². The van der Waals surface area contributed by atoms with Crippen molar-refractivity contribution in [3.63, 3.8) is 0 Å². The molecule has 2 aliphatic heterocycles. The highest BCUT2D eigenvalue weighted by Crippen LogP contribution is 2.14. The third kappa shape index (κ3) is 6.75. The van der Waals surface area contributed by atoms with Crippen LogP contribution < -0.4 is 5.73 Å². The number of ether oxygens (including phenoxy) is 1. The zero-order valence-corrected chi connectivity index (χ0v) is 17.4. The number of hydrogen-bond donors (Lipinski definition) is 1. The first kappa shape index (κ1) is 20.5. The maximum atomic E-state index is 6.08. The van der Waals surface area contributed by atoms with E-state index < -0.39 is 0 Å². The first-order valence-electron chi connectivity index (χ1n) is 9.24. The van der Waals surface area contributed by atoms with Crippen molar-refractivity contribution in [3.05, 3.63) is 35.4 Å². The molecular weight excluding hydrogens is 427 g/mol. The molecule has 0 spiro atoms. The number of nitrogens with zero attached hydrogens (tertiary/aromatic N) is 3. The average Bonchev–Trinajstić information content (AvgIpc) is 2.90. The maximum absolute atomic E-state index is 6.08. The normalized spacial score (nSPS) is 20.0. The highest BCUT2D eigenvalue weighted by molar-refractivity contribution is 14.0. The van der Waals surface area contributed by atoms with Crippen molar-refractivity contribution in [2.24, 2.45) is 10.7 Å². The summed E-state index contributed by atoms with van der Waals surface area (Å²) in [6, 6.07) is 8.84. The fraction of sp³-hybridized carbons (Fsp3) is 0.632. The lowest BCUT2D eigenvalue weighted by molar-refractivity contribution is 0.0674. The van der Waals surface area contributed by atoms with Crippen molar-refractivity contribution in [3.8, 4) is 0 Å². The lowest BCUT2D eigenvalue weighted by Crippen LogP contribution is -2.44. The summed E-state index contributed by atoms with van der Waals surface area (Å²) in [4.78, 5) is 9.20. The zero-order chi connectivity index (χ0) is 16.6. The molecule has 6 heteroatoms. The summed E-state index contributed by atoms with van der Waals surface area (Å²) in [5.41, 5.74) is 8.69. The second-order valence-electron chi connectivity index (χ2n) is 6.78. The minimum absolute atomic E-state index is 0. The van der Waals surface area contributed by atoms with E-state index in [0.717, 1.165) is 32.8 Å². The first-order valence-corrected chi connectivity index (χ1v) is 9.24. The van der Waals surface area contributed by atoms with E-state index in [1.807, 2.05) is 0 Å². The zero-order valence-electron chi connectivity index (χ0n) is 15.0. The number of guanidine groups is 1. The number of hydrogen-bond acceptors (Lipinski definition) is 3. The average molecular weight is 458 g/mol. The van der Waals surface area contributed by atoms with E-state index in [1.165, 1.54) is 49.9 Å². The van der Waals surface area contributed by atoms with Gasteiger partial charge < -0.3 is 15.4 Å². The molecule has 3 rings (SSSR count). The Kier molecular flexibility index (Phi) is 8.98.